The summed E-state index contributed by atoms with van der Waals surface area (Å²) in [4.78, 5) is 25.3. The number of nitrogens with zero attached hydrogens (tertiary/aromatic N) is 1. The second kappa shape index (κ2) is 6.79. The molecule has 0 spiro atoms. The molecule has 0 aliphatic carbocycles. The van der Waals surface area contributed by atoms with Crippen LogP contribution in [0.3, 0.4) is 0 Å². The summed E-state index contributed by atoms with van der Waals surface area (Å²) in [6, 6.07) is 4.92. The third-order valence-corrected chi connectivity index (χ3v) is 3.08. The van der Waals surface area contributed by atoms with Gasteiger partial charge < -0.3 is 20.7 Å². The molecule has 0 fully saturated rings. The highest BCUT2D eigenvalue weighted by Gasteiger charge is 2.20. The number of rotatable bonds is 5. The van der Waals surface area contributed by atoms with E-state index in [1.165, 1.54) is 12.0 Å². The SMILES string of the molecule is CNC(=O)C(C)CN(C)C(=O)c1cc(OC)ccc1N. The largest absolute Gasteiger partial charge is 0.497 e. The molecule has 1 atom stereocenters. The average molecular weight is 279 g/mol. The normalized spacial score (nSPS) is 11.6. The van der Waals surface area contributed by atoms with E-state index in [0.29, 0.717) is 23.5 Å². The Hall–Kier alpha value is -2.24. The van der Waals surface area contributed by atoms with Gasteiger partial charge in [-0.2, -0.15) is 0 Å². The van der Waals surface area contributed by atoms with Crippen molar-refractivity contribution in [1.82, 2.24) is 10.2 Å². The van der Waals surface area contributed by atoms with Crippen molar-refractivity contribution in [2.75, 3.05) is 33.5 Å². The number of ether oxygens (including phenoxy) is 1. The van der Waals surface area contributed by atoms with E-state index in [1.807, 2.05) is 0 Å². The van der Waals surface area contributed by atoms with Crippen molar-refractivity contribution in [2.24, 2.45) is 5.92 Å². The van der Waals surface area contributed by atoms with Gasteiger partial charge in [-0.3, -0.25) is 9.59 Å². The quantitative estimate of drug-likeness (QED) is 0.778. The summed E-state index contributed by atoms with van der Waals surface area (Å²) in [7, 11) is 4.73. The van der Waals surface area contributed by atoms with E-state index in [9.17, 15) is 9.59 Å². The predicted octanol–water partition coefficient (Wildman–Crippen LogP) is 0.731. The van der Waals surface area contributed by atoms with Gasteiger partial charge in [0.2, 0.25) is 5.91 Å². The first-order valence-electron chi connectivity index (χ1n) is 6.31. The maximum Gasteiger partial charge on any atom is 0.255 e. The Morgan fingerprint density at radius 2 is 2.10 bits per heavy atom. The summed E-state index contributed by atoms with van der Waals surface area (Å²) in [6.07, 6.45) is 0. The molecule has 110 valence electrons. The average Bonchev–Trinajstić information content (AvgIpc) is 2.45. The van der Waals surface area contributed by atoms with Gasteiger partial charge in [0, 0.05) is 26.3 Å². The molecule has 0 aliphatic rings. The highest BCUT2D eigenvalue weighted by Crippen LogP contribution is 2.21. The minimum Gasteiger partial charge on any atom is -0.497 e. The Bertz CT molecular complexity index is 502. The van der Waals surface area contributed by atoms with Crippen LogP contribution in [0, 0.1) is 5.92 Å². The summed E-state index contributed by atoms with van der Waals surface area (Å²) in [5.41, 5.74) is 6.57. The van der Waals surface area contributed by atoms with E-state index in [-0.39, 0.29) is 17.7 Å². The number of anilines is 1. The molecule has 1 aromatic rings. The molecular weight excluding hydrogens is 258 g/mol. The molecule has 0 saturated carbocycles. The second-order valence-corrected chi connectivity index (χ2v) is 4.65. The maximum atomic E-state index is 12.3. The van der Waals surface area contributed by atoms with Gasteiger partial charge in [0.25, 0.3) is 5.91 Å². The van der Waals surface area contributed by atoms with Crippen LogP contribution in [0.4, 0.5) is 5.69 Å². The lowest BCUT2D eigenvalue weighted by Crippen LogP contribution is -2.37. The van der Waals surface area contributed by atoms with Crippen LogP contribution < -0.4 is 15.8 Å². The minimum atomic E-state index is -0.291. The molecule has 6 nitrogen and oxygen atoms in total. The summed E-state index contributed by atoms with van der Waals surface area (Å²) in [6.45, 7) is 2.08. The summed E-state index contributed by atoms with van der Waals surface area (Å²) < 4.78 is 5.09. The summed E-state index contributed by atoms with van der Waals surface area (Å²) >= 11 is 0. The van der Waals surface area contributed by atoms with E-state index in [0.717, 1.165) is 0 Å². The van der Waals surface area contributed by atoms with Crippen molar-refractivity contribution in [3.8, 4) is 5.75 Å². The van der Waals surface area contributed by atoms with Crippen LogP contribution in [0.25, 0.3) is 0 Å². The van der Waals surface area contributed by atoms with E-state index in [4.69, 9.17) is 10.5 Å². The van der Waals surface area contributed by atoms with Crippen molar-refractivity contribution in [1.29, 1.82) is 0 Å². The molecular formula is C14H21N3O3. The molecule has 1 aromatic carbocycles. The molecule has 2 amide bonds. The zero-order valence-corrected chi connectivity index (χ0v) is 12.3. The summed E-state index contributed by atoms with van der Waals surface area (Å²) in [5.74, 6) is -0.0727. The lowest BCUT2D eigenvalue weighted by atomic mass is 10.1. The number of carbonyl (C=O) groups excluding carboxylic acids is 2. The van der Waals surface area contributed by atoms with Gasteiger partial charge in [-0.15, -0.1) is 0 Å². The van der Waals surface area contributed by atoms with Crippen molar-refractivity contribution in [2.45, 2.75) is 6.92 Å². The number of carbonyl (C=O) groups is 2. The Kier molecular flexibility index (Phi) is 5.37. The molecule has 0 heterocycles. The number of nitrogens with two attached hydrogens (primary N) is 1. The smallest absolute Gasteiger partial charge is 0.255 e. The standard InChI is InChI=1S/C14H21N3O3/c1-9(13(18)16-2)8-17(3)14(19)11-7-10(20-4)5-6-12(11)15/h5-7,9H,8,15H2,1-4H3,(H,16,18). The zero-order valence-electron chi connectivity index (χ0n) is 12.3. The van der Waals surface area contributed by atoms with Gasteiger partial charge in [0.15, 0.2) is 0 Å². The van der Waals surface area contributed by atoms with Crippen LogP contribution in [0.15, 0.2) is 18.2 Å². The highest BCUT2D eigenvalue weighted by molar-refractivity contribution is 5.99. The fourth-order valence-corrected chi connectivity index (χ4v) is 1.88. The number of nitrogen functional groups attached to an aromatic ring is 1. The van der Waals surface area contributed by atoms with Gasteiger partial charge in [-0.1, -0.05) is 6.92 Å². The number of benzene rings is 1. The van der Waals surface area contributed by atoms with Crippen molar-refractivity contribution < 1.29 is 14.3 Å². The number of hydrogen-bond donors (Lipinski definition) is 2. The lowest BCUT2D eigenvalue weighted by Gasteiger charge is -2.21. The molecule has 0 aromatic heterocycles. The molecule has 1 rings (SSSR count). The second-order valence-electron chi connectivity index (χ2n) is 4.65. The first kappa shape index (κ1) is 15.8. The van der Waals surface area contributed by atoms with Crippen LogP contribution in [-0.2, 0) is 4.79 Å². The number of amides is 2. The van der Waals surface area contributed by atoms with E-state index < -0.39 is 0 Å². The van der Waals surface area contributed by atoms with Crippen LogP contribution in [-0.4, -0.2) is 44.5 Å². The van der Waals surface area contributed by atoms with Crippen molar-refractivity contribution in [3.63, 3.8) is 0 Å². The van der Waals surface area contributed by atoms with Gasteiger partial charge >= 0.3 is 0 Å². The third kappa shape index (κ3) is 3.63. The lowest BCUT2D eigenvalue weighted by molar-refractivity contribution is -0.124. The Labute approximate surface area is 118 Å². The van der Waals surface area contributed by atoms with E-state index in [2.05, 4.69) is 5.32 Å². The number of hydrogen-bond acceptors (Lipinski definition) is 4. The number of methoxy groups -OCH3 is 1. The maximum absolute atomic E-state index is 12.3. The first-order valence-corrected chi connectivity index (χ1v) is 6.31. The molecule has 0 saturated heterocycles. The fourth-order valence-electron chi connectivity index (χ4n) is 1.88. The fraction of sp³-hybridized carbons (Fsp3) is 0.429. The molecule has 20 heavy (non-hydrogen) atoms. The van der Waals surface area contributed by atoms with Crippen LogP contribution in [0.2, 0.25) is 0 Å². The van der Waals surface area contributed by atoms with Gasteiger partial charge in [0.1, 0.15) is 5.75 Å². The van der Waals surface area contributed by atoms with Gasteiger partial charge in [0.05, 0.1) is 18.6 Å². The number of nitrogens with one attached hydrogen (secondary N) is 1. The van der Waals surface area contributed by atoms with Crippen LogP contribution >= 0.6 is 0 Å². The molecule has 0 radical (unpaired) electrons. The van der Waals surface area contributed by atoms with Gasteiger partial charge in [-0.25, -0.2) is 0 Å². The van der Waals surface area contributed by atoms with E-state index in [1.54, 1.807) is 39.2 Å². The van der Waals surface area contributed by atoms with Crippen molar-refractivity contribution in [3.05, 3.63) is 23.8 Å². The monoisotopic (exact) mass is 279 g/mol. The Balaban J connectivity index is 2.86. The topological polar surface area (TPSA) is 84.7 Å². The first-order chi connectivity index (χ1) is 9.40. The Morgan fingerprint density at radius 1 is 1.45 bits per heavy atom. The molecule has 0 aliphatic heterocycles. The van der Waals surface area contributed by atoms with E-state index >= 15 is 0 Å². The third-order valence-electron chi connectivity index (χ3n) is 3.08. The van der Waals surface area contributed by atoms with Crippen LogP contribution in [0.1, 0.15) is 17.3 Å². The predicted molar refractivity (Wildman–Crippen MR) is 77.6 cm³/mol. The zero-order chi connectivity index (χ0) is 15.3. The Morgan fingerprint density at radius 3 is 2.65 bits per heavy atom. The molecule has 1 unspecified atom stereocenters. The summed E-state index contributed by atoms with van der Waals surface area (Å²) in [5, 5.41) is 2.56. The van der Waals surface area contributed by atoms with Gasteiger partial charge in [-0.05, 0) is 18.2 Å². The molecule has 6 heteroatoms. The van der Waals surface area contributed by atoms with Crippen LogP contribution in [0.5, 0.6) is 5.75 Å². The molecule has 0 bridgehead atoms. The minimum absolute atomic E-state index is 0.108. The molecule has 3 N–H and O–H groups in total. The highest BCUT2D eigenvalue weighted by atomic mass is 16.5. The van der Waals surface area contributed by atoms with Crippen molar-refractivity contribution >= 4 is 17.5 Å².